The minimum absolute atomic E-state index is 0.0508. The number of ether oxygens (including phenoxy) is 1. The molecule has 3 heterocycles. The average Bonchev–Trinajstić information content (AvgIpc) is 3.09. The van der Waals surface area contributed by atoms with Gasteiger partial charge in [-0.25, -0.2) is 0 Å². The largest absolute Gasteiger partial charge is 0.396 e. The van der Waals surface area contributed by atoms with E-state index in [0.29, 0.717) is 31.3 Å². The van der Waals surface area contributed by atoms with Crippen LogP contribution >= 0.6 is 0 Å². The first kappa shape index (κ1) is 16.4. The summed E-state index contributed by atoms with van der Waals surface area (Å²) < 4.78 is 7.52. The summed E-state index contributed by atoms with van der Waals surface area (Å²) in [6.45, 7) is 7.10. The minimum Gasteiger partial charge on any atom is -0.396 e. The Kier molecular flexibility index (Phi) is 4.99. The van der Waals surface area contributed by atoms with E-state index < -0.39 is 0 Å². The predicted octanol–water partition coefficient (Wildman–Crippen LogP) is 0.165. The average molecular weight is 322 g/mol. The van der Waals surface area contributed by atoms with Gasteiger partial charge < -0.3 is 15.2 Å². The number of aliphatic hydroxyl groups is 1. The monoisotopic (exact) mass is 322 g/mol. The van der Waals surface area contributed by atoms with E-state index in [2.05, 4.69) is 15.3 Å². The molecule has 2 saturated heterocycles. The van der Waals surface area contributed by atoms with Gasteiger partial charge in [0.05, 0.1) is 18.4 Å². The quantitative estimate of drug-likeness (QED) is 0.808. The van der Waals surface area contributed by atoms with E-state index in [1.807, 2.05) is 19.9 Å². The molecule has 23 heavy (non-hydrogen) atoms. The molecule has 0 spiro atoms. The maximum absolute atomic E-state index is 12.5. The van der Waals surface area contributed by atoms with E-state index in [4.69, 9.17) is 9.84 Å². The standard InChI is InChI=1S/C16H26N4O3/c1-3-20-15(6-11(2)18-20)16(22)17-12-7-13-10-23-14(4-5-21)9-19(13)8-12/h6,12-14,21H,3-5,7-10H2,1-2H3,(H,17,22)/t12-,13-,14-/m0/s1. The molecule has 3 atom stereocenters. The maximum atomic E-state index is 12.5. The molecule has 1 amide bonds. The molecule has 1 aromatic rings. The van der Waals surface area contributed by atoms with Crippen LogP contribution in [0.25, 0.3) is 0 Å². The number of aliphatic hydroxyl groups excluding tert-OH is 1. The number of aromatic nitrogens is 2. The summed E-state index contributed by atoms with van der Waals surface area (Å²) in [5.74, 6) is -0.0508. The van der Waals surface area contributed by atoms with E-state index in [9.17, 15) is 4.79 Å². The van der Waals surface area contributed by atoms with Crippen molar-refractivity contribution in [3.63, 3.8) is 0 Å². The molecule has 0 saturated carbocycles. The van der Waals surface area contributed by atoms with Gasteiger partial charge in [-0.05, 0) is 32.8 Å². The van der Waals surface area contributed by atoms with Gasteiger partial charge in [0.15, 0.2) is 0 Å². The van der Waals surface area contributed by atoms with Crippen molar-refractivity contribution in [2.45, 2.75) is 51.4 Å². The Morgan fingerprint density at radius 2 is 2.35 bits per heavy atom. The number of carbonyl (C=O) groups is 1. The molecule has 3 rings (SSSR count). The highest BCUT2D eigenvalue weighted by molar-refractivity contribution is 5.92. The Balaban J connectivity index is 1.58. The summed E-state index contributed by atoms with van der Waals surface area (Å²) in [4.78, 5) is 14.9. The molecule has 2 aliphatic rings. The fourth-order valence-electron chi connectivity index (χ4n) is 3.59. The van der Waals surface area contributed by atoms with Crippen molar-refractivity contribution in [2.24, 2.45) is 0 Å². The number of hydrogen-bond donors (Lipinski definition) is 2. The Labute approximate surface area is 136 Å². The first-order valence-corrected chi connectivity index (χ1v) is 8.42. The summed E-state index contributed by atoms with van der Waals surface area (Å²) in [6.07, 6.45) is 1.70. The molecule has 2 aliphatic heterocycles. The van der Waals surface area contributed by atoms with Crippen LogP contribution in [0.1, 0.15) is 35.9 Å². The van der Waals surface area contributed by atoms with Crippen LogP contribution in [0.5, 0.6) is 0 Å². The number of aryl methyl sites for hydroxylation is 2. The zero-order valence-corrected chi connectivity index (χ0v) is 13.9. The van der Waals surface area contributed by atoms with E-state index in [0.717, 1.165) is 25.2 Å². The number of nitrogens with zero attached hydrogens (tertiary/aromatic N) is 3. The van der Waals surface area contributed by atoms with Gasteiger partial charge in [0.25, 0.3) is 5.91 Å². The molecule has 128 valence electrons. The topological polar surface area (TPSA) is 79.6 Å². The van der Waals surface area contributed by atoms with Crippen LogP contribution < -0.4 is 5.32 Å². The fraction of sp³-hybridized carbons (Fsp3) is 0.750. The first-order valence-electron chi connectivity index (χ1n) is 8.42. The predicted molar refractivity (Wildman–Crippen MR) is 85.3 cm³/mol. The number of hydrogen-bond acceptors (Lipinski definition) is 5. The molecular formula is C16H26N4O3. The number of carbonyl (C=O) groups excluding carboxylic acids is 1. The second kappa shape index (κ2) is 6.98. The highest BCUT2D eigenvalue weighted by Crippen LogP contribution is 2.24. The lowest BCUT2D eigenvalue weighted by Gasteiger charge is -2.34. The Bertz CT molecular complexity index is 560. The lowest BCUT2D eigenvalue weighted by molar-refractivity contribution is -0.0566. The molecule has 7 heteroatoms. The van der Waals surface area contributed by atoms with Crippen LogP contribution in [0.3, 0.4) is 0 Å². The van der Waals surface area contributed by atoms with Gasteiger partial charge in [-0.2, -0.15) is 5.10 Å². The zero-order valence-electron chi connectivity index (χ0n) is 13.9. The smallest absolute Gasteiger partial charge is 0.269 e. The third kappa shape index (κ3) is 3.57. The Hall–Kier alpha value is -1.44. The fourth-order valence-corrected chi connectivity index (χ4v) is 3.59. The summed E-state index contributed by atoms with van der Waals surface area (Å²) >= 11 is 0. The van der Waals surface area contributed by atoms with Crippen LogP contribution in [-0.2, 0) is 11.3 Å². The van der Waals surface area contributed by atoms with Crippen LogP contribution in [0.4, 0.5) is 0 Å². The van der Waals surface area contributed by atoms with Gasteiger partial charge in [-0.15, -0.1) is 0 Å². The molecule has 0 bridgehead atoms. The van der Waals surface area contributed by atoms with Gasteiger partial charge in [0.1, 0.15) is 5.69 Å². The van der Waals surface area contributed by atoms with E-state index >= 15 is 0 Å². The molecule has 0 unspecified atom stereocenters. The van der Waals surface area contributed by atoms with Gasteiger partial charge in [-0.3, -0.25) is 14.4 Å². The molecule has 7 nitrogen and oxygen atoms in total. The van der Waals surface area contributed by atoms with Gasteiger partial charge in [0, 0.05) is 38.3 Å². The lowest BCUT2D eigenvalue weighted by Crippen LogP contribution is -2.46. The molecular weight excluding hydrogens is 296 g/mol. The second-order valence-electron chi connectivity index (χ2n) is 6.47. The Morgan fingerprint density at radius 3 is 3.09 bits per heavy atom. The highest BCUT2D eigenvalue weighted by atomic mass is 16.5. The van der Waals surface area contributed by atoms with Crippen LogP contribution in [0.2, 0.25) is 0 Å². The number of fused-ring (bicyclic) bond motifs is 1. The molecule has 0 aromatic carbocycles. The maximum Gasteiger partial charge on any atom is 0.269 e. The van der Waals surface area contributed by atoms with Crippen molar-refractivity contribution in [3.8, 4) is 0 Å². The van der Waals surface area contributed by atoms with Crippen molar-refractivity contribution in [1.82, 2.24) is 20.0 Å². The van der Waals surface area contributed by atoms with Gasteiger partial charge in [0.2, 0.25) is 0 Å². The number of rotatable bonds is 5. The van der Waals surface area contributed by atoms with Crippen molar-refractivity contribution in [1.29, 1.82) is 0 Å². The van der Waals surface area contributed by atoms with Crippen molar-refractivity contribution >= 4 is 5.91 Å². The molecule has 1 aromatic heterocycles. The van der Waals surface area contributed by atoms with Crippen LogP contribution in [0.15, 0.2) is 6.07 Å². The molecule has 2 fully saturated rings. The van der Waals surface area contributed by atoms with Gasteiger partial charge >= 0.3 is 0 Å². The molecule has 2 N–H and O–H groups in total. The third-order valence-electron chi connectivity index (χ3n) is 4.71. The van der Waals surface area contributed by atoms with E-state index in [1.54, 1.807) is 4.68 Å². The molecule has 0 radical (unpaired) electrons. The second-order valence-corrected chi connectivity index (χ2v) is 6.47. The number of nitrogens with one attached hydrogen (secondary N) is 1. The number of amides is 1. The lowest BCUT2D eigenvalue weighted by atomic mass is 10.1. The highest BCUT2D eigenvalue weighted by Gasteiger charge is 2.37. The summed E-state index contributed by atoms with van der Waals surface area (Å²) in [5.41, 5.74) is 1.49. The van der Waals surface area contributed by atoms with Crippen molar-refractivity contribution in [2.75, 3.05) is 26.3 Å². The summed E-state index contributed by atoms with van der Waals surface area (Å²) in [6, 6.07) is 2.35. The molecule has 0 aliphatic carbocycles. The SMILES string of the molecule is CCn1nc(C)cc1C(=O)N[C@H]1C[C@H]2CO[C@@H](CCO)CN2C1. The number of morpholine rings is 1. The normalized spacial score (nSPS) is 27.9. The van der Waals surface area contributed by atoms with E-state index in [1.165, 1.54) is 0 Å². The van der Waals surface area contributed by atoms with Crippen LogP contribution in [0, 0.1) is 6.92 Å². The summed E-state index contributed by atoms with van der Waals surface area (Å²) in [7, 11) is 0. The van der Waals surface area contributed by atoms with Crippen molar-refractivity contribution in [3.05, 3.63) is 17.5 Å². The summed E-state index contributed by atoms with van der Waals surface area (Å²) in [5, 5.41) is 16.5. The first-order chi connectivity index (χ1) is 11.1. The Morgan fingerprint density at radius 1 is 1.52 bits per heavy atom. The third-order valence-corrected chi connectivity index (χ3v) is 4.71. The van der Waals surface area contributed by atoms with E-state index in [-0.39, 0.29) is 24.7 Å². The minimum atomic E-state index is -0.0508. The van der Waals surface area contributed by atoms with Crippen molar-refractivity contribution < 1.29 is 14.6 Å². The van der Waals surface area contributed by atoms with Crippen LogP contribution in [-0.4, -0.2) is 70.2 Å². The zero-order chi connectivity index (χ0) is 16.4. The van der Waals surface area contributed by atoms with Gasteiger partial charge in [-0.1, -0.05) is 0 Å².